The maximum absolute atomic E-state index is 12.7. The van der Waals surface area contributed by atoms with Crippen LogP contribution in [0.5, 0.6) is 11.8 Å². The van der Waals surface area contributed by atoms with Crippen molar-refractivity contribution in [3.63, 3.8) is 0 Å². The fourth-order valence-corrected chi connectivity index (χ4v) is 6.78. The molecule has 0 spiro atoms. The molecule has 1 aromatic rings. The number of aromatic hydroxyl groups is 2. The fraction of sp³-hybridized carbons (Fsp3) is 0.615. The van der Waals surface area contributed by atoms with Gasteiger partial charge >= 0.3 is 21.2 Å². The SMILES string of the molecule is COP(=O)(OC)C(O)(CCCC(=O)On1c(O)ccc1O)P(=O)(OC)OC. The van der Waals surface area contributed by atoms with E-state index < -0.39 is 44.4 Å². The van der Waals surface area contributed by atoms with Gasteiger partial charge in [0.05, 0.1) is 0 Å². The molecule has 156 valence electrons. The summed E-state index contributed by atoms with van der Waals surface area (Å²) in [7, 11) is -4.84. The van der Waals surface area contributed by atoms with Crippen LogP contribution in [0.3, 0.4) is 0 Å². The number of carbonyl (C=O) groups excluding carboxylic acids is 1. The molecule has 0 amide bonds. The van der Waals surface area contributed by atoms with Crippen molar-refractivity contribution in [3.8, 4) is 11.8 Å². The first-order valence-electron chi connectivity index (χ1n) is 7.50. The summed E-state index contributed by atoms with van der Waals surface area (Å²) in [6.45, 7) is 0. The second-order valence-electron chi connectivity index (χ2n) is 5.16. The molecule has 0 atom stereocenters. The van der Waals surface area contributed by atoms with Crippen LogP contribution in [0.1, 0.15) is 19.3 Å². The van der Waals surface area contributed by atoms with Crippen LogP contribution in [-0.4, -0.2) is 59.5 Å². The molecule has 0 saturated carbocycles. The topological polar surface area (TPSA) is 163 Å². The van der Waals surface area contributed by atoms with E-state index in [-0.39, 0.29) is 12.8 Å². The summed E-state index contributed by atoms with van der Waals surface area (Å²) >= 11 is 0. The smallest absolute Gasteiger partial charge is 0.374 e. The Hall–Kier alpha value is -1.39. The normalized spacial score (nSPS) is 12.9. The van der Waals surface area contributed by atoms with E-state index in [0.29, 0.717) is 4.73 Å². The summed E-state index contributed by atoms with van der Waals surface area (Å²) in [5.41, 5.74) is 0. The Balaban J connectivity index is 2.94. The van der Waals surface area contributed by atoms with E-state index >= 15 is 0 Å². The highest BCUT2D eigenvalue weighted by Gasteiger charge is 2.63. The third-order valence-corrected chi connectivity index (χ3v) is 9.32. The highest BCUT2D eigenvalue weighted by Crippen LogP contribution is 2.77. The Kier molecular flexibility index (Phi) is 8.06. The van der Waals surface area contributed by atoms with Crippen molar-refractivity contribution in [3.05, 3.63) is 12.1 Å². The van der Waals surface area contributed by atoms with Crippen molar-refractivity contribution in [2.45, 2.75) is 24.3 Å². The van der Waals surface area contributed by atoms with Gasteiger partial charge in [-0.2, -0.15) is 0 Å². The van der Waals surface area contributed by atoms with E-state index in [1.807, 2.05) is 0 Å². The lowest BCUT2D eigenvalue weighted by Gasteiger charge is -2.36. The largest absolute Gasteiger partial charge is 0.492 e. The Morgan fingerprint density at radius 2 is 1.41 bits per heavy atom. The zero-order valence-corrected chi connectivity index (χ0v) is 17.0. The minimum atomic E-state index is -4.38. The summed E-state index contributed by atoms with van der Waals surface area (Å²) in [5.74, 6) is -1.93. The van der Waals surface area contributed by atoms with E-state index in [1.165, 1.54) is 0 Å². The molecule has 3 N–H and O–H groups in total. The first-order valence-corrected chi connectivity index (χ1v) is 10.6. The summed E-state index contributed by atoms with van der Waals surface area (Å²) < 4.78 is 44.9. The van der Waals surface area contributed by atoms with Gasteiger partial charge in [0, 0.05) is 53.4 Å². The molecule has 0 radical (unpaired) electrons. The molecule has 27 heavy (non-hydrogen) atoms. The molecule has 0 saturated heterocycles. The standard InChI is InChI=1S/C13H23NO11P2/c1-21-26(19,22-2)13(18,27(20,23-3)24-4)9-5-6-12(17)25-14-10(15)7-8-11(14)16/h7-8,15-16,18H,5-6,9H2,1-4H3. The molecule has 1 rings (SSSR count). The van der Waals surface area contributed by atoms with E-state index in [0.717, 1.165) is 40.6 Å². The van der Waals surface area contributed by atoms with Gasteiger partial charge in [0.2, 0.25) is 11.8 Å². The Morgan fingerprint density at radius 1 is 1.00 bits per heavy atom. The van der Waals surface area contributed by atoms with Gasteiger partial charge in [0.25, 0.3) is 5.08 Å². The number of rotatable bonds is 11. The number of aromatic nitrogens is 1. The van der Waals surface area contributed by atoms with Gasteiger partial charge < -0.3 is 38.3 Å². The molecule has 14 heteroatoms. The van der Waals surface area contributed by atoms with E-state index in [9.17, 15) is 29.2 Å². The zero-order valence-electron chi connectivity index (χ0n) is 15.2. The first kappa shape index (κ1) is 23.6. The average Bonchev–Trinajstić information content (AvgIpc) is 2.98. The molecule has 0 bridgehead atoms. The number of nitrogens with zero attached hydrogens (tertiary/aromatic N) is 1. The van der Waals surface area contributed by atoms with Crippen molar-refractivity contribution in [2.24, 2.45) is 0 Å². The van der Waals surface area contributed by atoms with Crippen LogP contribution in [0.4, 0.5) is 0 Å². The molecule has 12 nitrogen and oxygen atoms in total. The monoisotopic (exact) mass is 431 g/mol. The van der Waals surface area contributed by atoms with Gasteiger partial charge in [-0.15, -0.1) is 4.73 Å². The first-order chi connectivity index (χ1) is 12.5. The summed E-state index contributed by atoms with van der Waals surface area (Å²) in [5, 5.41) is 27.0. The third kappa shape index (κ3) is 4.55. The van der Waals surface area contributed by atoms with E-state index in [4.69, 9.17) is 22.9 Å². The van der Waals surface area contributed by atoms with Gasteiger partial charge in [-0.25, -0.2) is 4.79 Å². The van der Waals surface area contributed by atoms with Crippen LogP contribution < -0.4 is 4.84 Å². The lowest BCUT2D eigenvalue weighted by atomic mass is 10.2. The summed E-state index contributed by atoms with van der Waals surface area (Å²) in [4.78, 5) is 16.6. The van der Waals surface area contributed by atoms with Gasteiger partial charge in [-0.05, 0) is 6.42 Å². The second-order valence-corrected chi connectivity index (χ2v) is 10.4. The van der Waals surface area contributed by atoms with Crippen LogP contribution in [0.15, 0.2) is 12.1 Å². The second kappa shape index (κ2) is 9.20. The van der Waals surface area contributed by atoms with Crippen LogP contribution in [0.25, 0.3) is 0 Å². The fourth-order valence-electron chi connectivity index (χ4n) is 2.27. The number of hydrogen-bond donors (Lipinski definition) is 3. The van der Waals surface area contributed by atoms with E-state index in [1.54, 1.807) is 0 Å². The number of hydrogen-bond acceptors (Lipinski definition) is 11. The highest BCUT2D eigenvalue weighted by atomic mass is 31.2. The predicted molar refractivity (Wildman–Crippen MR) is 91.4 cm³/mol. The van der Waals surface area contributed by atoms with Crippen LogP contribution in [0, 0.1) is 0 Å². The lowest BCUT2D eigenvalue weighted by Crippen LogP contribution is -2.32. The zero-order chi connectivity index (χ0) is 20.9. The molecule has 0 aliphatic carbocycles. The maximum Gasteiger partial charge on any atom is 0.374 e. The Morgan fingerprint density at radius 3 is 1.78 bits per heavy atom. The molecule has 0 aromatic carbocycles. The van der Waals surface area contributed by atoms with Crippen LogP contribution in [0.2, 0.25) is 0 Å². The Bertz CT molecular complexity index is 685. The van der Waals surface area contributed by atoms with Gasteiger partial charge in [0.1, 0.15) is 0 Å². The number of carbonyl (C=O) groups is 1. The molecule has 0 fully saturated rings. The molecule has 0 aliphatic rings. The van der Waals surface area contributed by atoms with Gasteiger partial charge in [-0.1, -0.05) is 0 Å². The highest BCUT2D eigenvalue weighted by molar-refractivity contribution is 7.73. The summed E-state index contributed by atoms with van der Waals surface area (Å²) in [6.07, 6.45) is -1.12. The van der Waals surface area contributed by atoms with Crippen molar-refractivity contribution in [1.82, 2.24) is 4.73 Å². The van der Waals surface area contributed by atoms with Crippen molar-refractivity contribution in [1.29, 1.82) is 0 Å². The molecule has 0 unspecified atom stereocenters. The predicted octanol–water partition coefficient (Wildman–Crippen LogP) is 1.64. The van der Waals surface area contributed by atoms with Gasteiger partial charge in [0.15, 0.2) is 0 Å². The molecule has 0 aliphatic heterocycles. The lowest BCUT2D eigenvalue weighted by molar-refractivity contribution is -0.145. The minimum absolute atomic E-state index is 0.203. The average molecular weight is 431 g/mol. The van der Waals surface area contributed by atoms with E-state index in [2.05, 4.69) is 0 Å². The van der Waals surface area contributed by atoms with Gasteiger partial charge in [-0.3, -0.25) is 9.13 Å². The Labute approximate surface area is 155 Å². The quantitative estimate of drug-likeness (QED) is 0.437. The van der Waals surface area contributed by atoms with Crippen molar-refractivity contribution < 1.29 is 52.2 Å². The maximum atomic E-state index is 12.7. The number of aliphatic hydroxyl groups is 1. The van der Waals surface area contributed by atoms with Crippen molar-refractivity contribution >= 4 is 21.2 Å². The summed E-state index contributed by atoms with van der Waals surface area (Å²) in [6, 6.07) is 2.20. The third-order valence-electron chi connectivity index (χ3n) is 3.72. The molecule has 1 heterocycles. The molecular formula is C13H23NO11P2. The van der Waals surface area contributed by atoms with Crippen LogP contribution >= 0.6 is 15.2 Å². The molecular weight excluding hydrogens is 408 g/mol. The minimum Gasteiger partial charge on any atom is -0.492 e. The van der Waals surface area contributed by atoms with Crippen molar-refractivity contribution in [2.75, 3.05) is 28.4 Å². The molecule has 1 aromatic heterocycles. The van der Waals surface area contributed by atoms with Crippen LogP contribution in [-0.2, 0) is 32.0 Å².